The molecule has 0 spiro atoms. The van der Waals surface area contributed by atoms with Crippen LogP contribution in [0.1, 0.15) is 55.3 Å². The smallest absolute Gasteiger partial charge is 0.0665 e. The summed E-state index contributed by atoms with van der Waals surface area (Å²) in [6, 6.07) is 7.05. The second kappa shape index (κ2) is 7.24. The molecule has 1 aromatic carbocycles. The van der Waals surface area contributed by atoms with E-state index in [0.717, 1.165) is 12.5 Å². The van der Waals surface area contributed by atoms with E-state index in [4.69, 9.17) is 4.74 Å². The molecular formula is C18H29NO. The first-order valence-corrected chi connectivity index (χ1v) is 7.95. The van der Waals surface area contributed by atoms with Crippen LogP contribution in [-0.2, 0) is 4.74 Å². The van der Waals surface area contributed by atoms with Crippen molar-refractivity contribution in [3.8, 4) is 0 Å². The van der Waals surface area contributed by atoms with E-state index in [9.17, 15) is 0 Å². The Morgan fingerprint density at radius 3 is 2.50 bits per heavy atom. The molecule has 1 aliphatic rings. The van der Waals surface area contributed by atoms with Gasteiger partial charge in [-0.25, -0.2) is 0 Å². The molecule has 0 bridgehead atoms. The highest BCUT2D eigenvalue weighted by Crippen LogP contribution is 2.27. The van der Waals surface area contributed by atoms with Crippen molar-refractivity contribution in [1.82, 2.24) is 5.32 Å². The SMILES string of the molecule is CNC(COC1CCCC(C)C1)c1cc(C)cc(C)c1. The second-order valence-corrected chi connectivity index (χ2v) is 6.49. The van der Waals surface area contributed by atoms with E-state index in [0.29, 0.717) is 12.1 Å². The van der Waals surface area contributed by atoms with E-state index < -0.39 is 0 Å². The Balaban J connectivity index is 1.94. The number of hydrogen-bond donors (Lipinski definition) is 1. The summed E-state index contributed by atoms with van der Waals surface area (Å²) in [4.78, 5) is 0. The molecule has 1 N–H and O–H groups in total. The Morgan fingerprint density at radius 2 is 1.90 bits per heavy atom. The number of nitrogens with one attached hydrogen (secondary N) is 1. The van der Waals surface area contributed by atoms with Gasteiger partial charge in [0.05, 0.1) is 18.8 Å². The lowest BCUT2D eigenvalue weighted by molar-refractivity contribution is 0.00487. The highest BCUT2D eigenvalue weighted by molar-refractivity contribution is 5.30. The third-order valence-corrected chi connectivity index (χ3v) is 4.38. The molecule has 1 aromatic rings. The first-order valence-electron chi connectivity index (χ1n) is 7.95. The predicted molar refractivity (Wildman–Crippen MR) is 85.1 cm³/mol. The number of ether oxygens (including phenoxy) is 1. The fraction of sp³-hybridized carbons (Fsp3) is 0.667. The number of likely N-dealkylation sites (N-methyl/N-ethyl adjacent to an activating group) is 1. The van der Waals surface area contributed by atoms with E-state index >= 15 is 0 Å². The molecule has 2 rings (SSSR count). The minimum absolute atomic E-state index is 0.297. The van der Waals surface area contributed by atoms with Gasteiger partial charge in [-0.15, -0.1) is 0 Å². The van der Waals surface area contributed by atoms with Gasteiger partial charge < -0.3 is 10.1 Å². The Bertz CT molecular complexity index is 409. The first kappa shape index (κ1) is 15.5. The van der Waals surface area contributed by atoms with Gasteiger partial charge >= 0.3 is 0 Å². The summed E-state index contributed by atoms with van der Waals surface area (Å²) < 4.78 is 6.18. The van der Waals surface area contributed by atoms with Crippen LogP contribution in [0.5, 0.6) is 0 Å². The zero-order valence-electron chi connectivity index (χ0n) is 13.4. The third kappa shape index (κ3) is 4.32. The van der Waals surface area contributed by atoms with E-state index in [2.05, 4.69) is 44.3 Å². The van der Waals surface area contributed by atoms with Crippen molar-refractivity contribution in [2.45, 2.75) is 58.6 Å². The average molecular weight is 275 g/mol. The van der Waals surface area contributed by atoms with E-state index in [-0.39, 0.29) is 0 Å². The van der Waals surface area contributed by atoms with Gasteiger partial charge in [-0.1, -0.05) is 49.1 Å². The Hall–Kier alpha value is -0.860. The fourth-order valence-corrected chi connectivity index (χ4v) is 3.32. The maximum Gasteiger partial charge on any atom is 0.0665 e. The monoisotopic (exact) mass is 275 g/mol. The lowest BCUT2D eigenvalue weighted by Crippen LogP contribution is -2.28. The van der Waals surface area contributed by atoms with Crippen molar-refractivity contribution in [1.29, 1.82) is 0 Å². The predicted octanol–water partition coefficient (Wildman–Crippen LogP) is 4.16. The van der Waals surface area contributed by atoms with Crippen molar-refractivity contribution in [2.75, 3.05) is 13.7 Å². The van der Waals surface area contributed by atoms with Crippen molar-refractivity contribution in [3.63, 3.8) is 0 Å². The number of hydrogen-bond acceptors (Lipinski definition) is 2. The van der Waals surface area contributed by atoms with Crippen LogP contribution < -0.4 is 5.32 Å². The summed E-state index contributed by atoms with van der Waals surface area (Å²) >= 11 is 0. The van der Waals surface area contributed by atoms with Crippen LogP contribution in [-0.4, -0.2) is 19.8 Å². The van der Waals surface area contributed by atoms with Crippen LogP contribution in [0, 0.1) is 19.8 Å². The van der Waals surface area contributed by atoms with Crippen LogP contribution in [0.25, 0.3) is 0 Å². The number of benzene rings is 1. The van der Waals surface area contributed by atoms with Crippen LogP contribution in [0.4, 0.5) is 0 Å². The van der Waals surface area contributed by atoms with Crippen molar-refractivity contribution in [3.05, 3.63) is 34.9 Å². The van der Waals surface area contributed by atoms with Crippen molar-refractivity contribution < 1.29 is 4.74 Å². The molecule has 2 nitrogen and oxygen atoms in total. The minimum Gasteiger partial charge on any atom is -0.376 e. The summed E-state index contributed by atoms with van der Waals surface area (Å²) in [5.41, 5.74) is 3.99. The molecule has 0 amide bonds. The molecule has 0 radical (unpaired) electrons. The molecule has 3 atom stereocenters. The zero-order chi connectivity index (χ0) is 14.5. The van der Waals surface area contributed by atoms with Gasteiger partial charge in [-0.2, -0.15) is 0 Å². The molecule has 1 aliphatic carbocycles. The summed E-state index contributed by atoms with van der Waals surface area (Å²) in [7, 11) is 2.02. The Morgan fingerprint density at radius 1 is 1.20 bits per heavy atom. The summed E-state index contributed by atoms with van der Waals surface area (Å²) in [5.74, 6) is 0.822. The summed E-state index contributed by atoms with van der Waals surface area (Å²) in [5, 5.41) is 3.40. The zero-order valence-corrected chi connectivity index (χ0v) is 13.4. The molecule has 1 saturated carbocycles. The summed E-state index contributed by atoms with van der Waals surface area (Å²) in [6.07, 6.45) is 5.60. The third-order valence-electron chi connectivity index (χ3n) is 4.38. The topological polar surface area (TPSA) is 21.3 Å². The normalized spacial score (nSPS) is 24.6. The maximum absolute atomic E-state index is 6.18. The molecule has 1 fully saturated rings. The molecule has 3 unspecified atom stereocenters. The molecule has 2 heteroatoms. The summed E-state index contributed by atoms with van der Waals surface area (Å²) in [6.45, 7) is 7.44. The first-order chi connectivity index (χ1) is 9.58. The van der Waals surface area contributed by atoms with Crippen LogP contribution >= 0.6 is 0 Å². The van der Waals surface area contributed by atoms with E-state index in [1.165, 1.54) is 42.4 Å². The van der Waals surface area contributed by atoms with Gasteiger partial charge in [-0.05, 0) is 45.2 Å². The molecule has 0 heterocycles. The standard InChI is InChI=1S/C18H29NO/c1-13-6-5-7-17(11-13)20-12-18(19-4)16-9-14(2)8-15(3)10-16/h8-10,13,17-19H,5-7,11-12H2,1-4H3. The largest absolute Gasteiger partial charge is 0.376 e. The molecule has 0 saturated heterocycles. The van der Waals surface area contributed by atoms with Gasteiger partial charge in [0.25, 0.3) is 0 Å². The van der Waals surface area contributed by atoms with Gasteiger partial charge in [-0.3, -0.25) is 0 Å². The highest BCUT2D eigenvalue weighted by atomic mass is 16.5. The van der Waals surface area contributed by atoms with Crippen molar-refractivity contribution in [2.24, 2.45) is 5.92 Å². The molecule has 0 aromatic heterocycles. The highest BCUT2D eigenvalue weighted by Gasteiger charge is 2.21. The molecular weight excluding hydrogens is 246 g/mol. The van der Waals surface area contributed by atoms with E-state index in [1.54, 1.807) is 0 Å². The van der Waals surface area contributed by atoms with Gasteiger partial charge in [0.15, 0.2) is 0 Å². The van der Waals surface area contributed by atoms with Crippen LogP contribution in [0.3, 0.4) is 0 Å². The molecule has 112 valence electrons. The Labute approximate surface area is 123 Å². The van der Waals surface area contributed by atoms with Gasteiger partial charge in [0.2, 0.25) is 0 Å². The van der Waals surface area contributed by atoms with Crippen molar-refractivity contribution >= 4 is 0 Å². The van der Waals surface area contributed by atoms with Gasteiger partial charge in [0, 0.05) is 0 Å². The quantitative estimate of drug-likeness (QED) is 0.871. The van der Waals surface area contributed by atoms with E-state index in [1.807, 2.05) is 7.05 Å². The minimum atomic E-state index is 0.297. The lowest BCUT2D eigenvalue weighted by Gasteiger charge is -2.28. The lowest BCUT2D eigenvalue weighted by atomic mass is 9.88. The fourth-order valence-electron chi connectivity index (χ4n) is 3.32. The van der Waals surface area contributed by atoms with Crippen LogP contribution in [0.2, 0.25) is 0 Å². The average Bonchev–Trinajstić information content (AvgIpc) is 2.38. The number of rotatable bonds is 5. The van der Waals surface area contributed by atoms with Gasteiger partial charge in [0.1, 0.15) is 0 Å². The molecule has 20 heavy (non-hydrogen) atoms. The number of aryl methyl sites for hydroxylation is 2. The Kier molecular flexibility index (Phi) is 5.62. The second-order valence-electron chi connectivity index (χ2n) is 6.49. The molecule has 0 aliphatic heterocycles. The maximum atomic E-state index is 6.18. The van der Waals surface area contributed by atoms with Crippen LogP contribution in [0.15, 0.2) is 18.2 Å².